The molecule has 1 aromatic carbocycles. The number of hydrogen-bond donors (Lipinski definition) is 2. The molecule has 0 spiro atoms. The van der Waals surface area contributed by atoms with Crippen molar-refractivity contribution in [1.29, 1.82) is 0 Å². The Hall–Kier alpha value is -1.18. The van der Waals surface area contributed by atoms with Gasteiger partial charge in [0.25, 0.3) is 5.69 Å². The van der Waals surface area contributed by atoms with Crippen molar-refractivity contribution >= 4 is 21.6 Å². The molecule has 0 aromatic heterocycles. The van der Waals surface area contributed by atoms with Gasteiger partial charge in [-0.1, -0.05) is 0 Å². The second-order valence-corrected chi connectivity index (χ2v) is 5.45. The smallest absolute Gasteiger partial charge is 0.271 e. The van der Waals surface area contributed by atoms with Gasteiger partial charge in [0.2, 0.25) is 0 Å². The number of aromatic hydroxyl groups is 1. The lowest BCUT2D eigenvalue weighted by molar-refractivity contribution is -0.385. The number of non-ortho nitro benzene ring substituents is 1. The molecule has 3 N–H and O–H groups in total. The molecule has 2 rings (SSSR count). The maximum atomic E-state index is 10.9. The van der Waals surface area contributed by atoms with Gasteiger partial charge in [-0.05, 0) is 34.7 Å². The lowest BCUT2D eigenvalue weighted by atomic mass is 9.87. The molecule has 0 unspecified atom stereocenters. The molecule has 0 saturated carbocycles. The fourth-order valence-electron chi connectivity index (χ4n) is 2.29. The van der Waals surface area contributed by atoms with Gasteiger partial charge in [-0.15, -0.1) is 0 Å². The summed E-state index contributed by atoms with van der Waals surface area (Å²) in [7, 11) is 0. The summed E-state index contributed by atoms with van der Waals surface area (Å²) in [6, 6.07) is 2.19. The molecule has 0 bridgehead atoms. The number of phenols is 1. The summed E-state index contributed by atoms with van der Waals surface area (Å²) < 4.78 is 5.56. The van der Waals surface area contributed by atoms with E-state index in [0.29, 0.717) is 23.2 Å². The van der Waals surface area contributed by atoms with E-state index in [0.717, 1.165) is 12.8 Å². The predicted octanol–water partition coefficient (Wildman–Crippen LogP) is 2.49. The Morgan fingerprint density at radius 3 is 2.68 bits per heavy atom. The van der Waals surface area contributed by atoms with Gasteiger partial charge in [-0.25, -0.2) is 0 Å². The standard InChI is InChI=1S/C12H15BrN2O4/c13-10-6-8(15(17)18)5-9(12(10)16)11(14)7-1-3-19-4-2-7/h5-7,11,16H,1-4,14H2/t11-/m1/s1. The molecule has 0 radical (unpaired) electrons. The van der Waals surface area contributed by atoms with Crippen LogP contribution in [0.15, 0.2) is 16.6 Å². The third kappa shape index (κ3) is 3.05. The highest BCUT2D eigenvalue weighted by molar-refractivity contribution is 9.10. The largest absolute Gasteiger partial charge is 0.506 e. The Kier molecular flexibility index (Phi) is 4.38. The summed E-state index contributed by atoms with van der Waals surface area (Å²) in [4.78, 5) is 10.4. The first-order valence-corrected chi connectivity index (χ1v) is 6.80. The first kappa shape index (κ1) is 14.2. The van der Waals surface area contributed by atoms with Gasteiger partial charge in [-0.2, -0.15) is 0 Å². The molecule has 6 nitrogen and oxygen atoms in total. The van der Waals surface area contributed by atoms with Gasteiger partial charge in [0, 0.05) is 37.0 Å². The van der Waals surface area contributed by atoms with E-state index >= 15 is 0 Å². The van der Waals surface area contributed by atoms with Crippen molar-refractivity contribution in [1.82, 2.24) is 0 Å². The quantitative estimate of drug-likeness (QED) is 0.655. The number of nitrogens with zero attached hydrogens (tertiary/aromatic N) is 1. The van der Waals surface area contributed by atoms with Gasteiger partial charge in [0.05, 0.1) is 9.40 Å². The highest BCUT2D eigenvalue weighted by Crippen LogP contribution is 2.39. The number of hydrogen-bond acceptors (Lipinski definition) is 5. The summed E-state index contributed by atoms with van der Waals surface area (Å²) in [5.41, 5.74) is 6.48. The van der Waals surface area contributed by atoms with Crippen LogP contribution >= 0.6 is 15.9 Å². The molecule has 104 valence electrons. The fourth-order valence-corrected chi connectivity index (χ4v) is 2.76. The topological polar surface area (TPSA) is 98.6 Å². The van der Waals surface area contributed by atoms with E-state index in [4.69, 9.17) is 10.5 Å². The van der Waals surface area contributed by atoms with Crippen LogP contribution in [0.5, 0.6) is 5.75 Å². The van der Waals surface area contributed by atoms with Crippen LogP contribution in [0.2, 0.25) is 0 Å². The van der Waals surface area contributed by atoms with Crippen molar-refractivity contribution in [3.8, 4) is 5.75 Å². The monoisotopic (exact) mass is 330 g/mol. The number of nitrogens with two attached hydrogens (primary N) is 1. The fraction of sp³-hybridized carbons (Fsp3) is 0.500. The maximum Gasteiger partial charge on any atom is 0.271 e. The van der Waals surface area contributed by atoms with Crippen LogP contribution in [0.25, 0.3) is 0 Å². The number of benzene rings is 1. The summed E-state index contributed by atoms with van der Waals surface area (Å²) in [6.07, 6.45) is 1.59. The van der Waals surface area contributed by atoms with Crippen molar-refractivity contribution in [2.45, 2.75) is 18.9 Å². The van der Waals surface area contributed by atoms with E-state index in [1.54, 1.807) is 0 Å². The highest BCUT2D eigenvalue weighted by Gasteiger charge is 2.27. The van der Waals surface area contributed by atoms with E-state index < -0.39 is 11.0 Å². The summed E-state index contributed by atoms with van der Waals surface area (Å²) in [6.45, 7) is 1.27. The van der Waals surface area contributed by atoms with Crippen LogP contribution in [-0.4, -0.2) is 23.2 Å². The van der Waals surface area contributed by atoms with E-state index in [2.05, 4.69) is 15.9 Å². The summed E-state index contributed by atoms with van der Waals surface area (Å²) in [5, 5.41) is 20.9. The Bertz CT molecular complexity index is 489. The summed E-state index contributed by atoms with van der Waals surface area (Å²) >= 11 is 3.12. The number of rotatable bonds is 3. The zero-order chi connectivity index (χ0) is 14.0. The van der Waals surface area contributed by atoms with Gasteiger partial charge in [0.1, 0.15) is 5.75 Å². The van der Waals surface area contributed by atoms with Crippen molar-refractivity contribution in [2.75, 3.05) is 13.2 Å². The molecule has 1 aliphatic heterocycles. The third-order valence-electron chi connectivity index (χ3n) is 3.42. The first-order chi connectivity index (χ1) is 9.00. The van der Waals surface area contributed by atoms with E-state index in [1.807, 2.05) is 0 Å². The molecular formula is C12H15BrN2O4. The van der Waals surface area contributed by atoms with Crippen LogP contribution in [-0.2, 0) is 4.74 Å². The number of nitro groups is 1. The Morgan fingerprint density at radius 2 is 2.11 bits per heavy atom. The Labute approximate surface area is 118 Å². The van der Waals surface area contributed by atoms with Crippen molar-refractivity contribution in [3.05, 3.63) is 32.3 Å². The Morgan fingerprint density at radius 1 is 1.47 bits per heavy atom. The van der Waals surface area contributed by atoms with Crippen LogP contribution in [0.1, 0.15) is 24.4 Å². The number of nitro benzene ring substituents is 1. The number of halogens is 1. The van der Waals surface area contributed by atoms with Gasteiger partial charge in [0.15, 0.2) is 0 Å². The van der Waals surface area contributed by atoms with E-state index in [9.17, 15) is 15.2 Å². The normalized spacial score (nSPS) is 18.2. The second kappa shape index (κ2) is 5.85. The lowest BCUT2D eigenvalue weighted by Gasteiger charge is -2.28. The molecule has 1 fully saturated rings. The van der Waals surface area contributed by atoms with Gasteiger partial charge >= 0.3 is 0 Å². The van der Waals surface area contributed by atoms with Crippen molar-refractivity contribution in [3.63, 3.8) is 0 Å². The Balaban J connectivity index is 2.34. The molecule has 1 atom stereocenters. The van der Waals surface area contributed by atoms with Crippen molar-refractivity contribution in [2.24, 2.45) is 11.7 Å². The average molecular weight is 331 g/mol. The predicted molar refractivity (Wildman–Crippen MR) is 72.9 cm³/mol. The minimum absolute atomic E-state index is 0.0235. The maximum absolute atomic E-state index is 10.9. The molecule has 7 heteroatoms. The zero-order valence-electron chi connectivity index (χ0n) is 10.2. The first-order valence-electron chi connectivity index (χ1n) is 6.01. The minimum Gasteiger partial charge on any atom is -0.506 e. The molecule has 1 saturated heterocycles. The van der Waals surface area contributed by atoms with Gasteiger partial charge in [-0.3, -0.25) is 10.1 Å². The molecule has 0 amide bonds. The van der Waals surface area contributed by atoms with Crippen LogP contribution in [0, 0.1) is 16.0 Å². The van der Waals surface area contributed by atoms with Crippen LogP contribution in [0.3, 0.4) is 0 Å². The van der Waals surface area contributed by atoms with Crippen LogP contribution < -0.4 is 5.73 Å². The molecular weight excluding hydrogens is 316 g/mol. The highest BCUT2D eigenvalue weighted by atomic mass is 79.9. The molecule has 1 aromatic rings. The second-order valence-electron chi connectivity index (χ2n) is 4.60. The van der Waals surface area contributed by atoms with Gasteiger partial charge < -0.3 is 15.6 Å². The molecule has 1 aliphatic rings. The zero-order valence-corrected chi connectivity index (χ0v) is 11.8. The minimum atomic E-state index is -0.496. The molecule has 19 heavy (non-hydrogen) atoms. The van der Waals surface area contributed by atoms with E-state index in [-0.39, 0.29) is 17.4 Å². The SMILES string of the molecule is N[C@@H](c1cc([N+](=O)[O-])cc(Br)c1O)C1CCOCC1. The van der Waals surface area contributed by atoms with Crippen LogP contribution in [0.4, 0.5) is 5.69 Å². The van der Waals surface area contributed by atoms with Crippen molar-refractivity contribution < 1.29 is 14.8 Å². The number of phenolic OH excluding ortho intramolecular Hbond substituents is 1. The summed E-state index contributed by atoms with van der Waals surface area (Å²) in [5.74, 6) is 0.137. The average Bonchev–Trinajstić information content (AvgIpc) is 2.41. The molecule has 0 aliphatic carbocycles. The third-order valence-corrected chi connectivity index (χ3v) is 4.03. The number of ether oxygens (including phenoxy) is 1. The van der Waals surface area contributed by atoms with E-state index in [1.165, 1.54) is 12.1 Å². The molecule has 1 heterocycles. The lowest BCUT2D eigenvalue weighted by Crippen LogP contribution is -2.27.